The van der Waals surface area contributed by atoms with Crippen LogP contribution in [0.3, 0.4) is 0 Å². The number of hydrogen-bond donors (Lipinski definition) is 4. The molecule has 1 aliphatic carbocycles. The molecule has 158 valence electrons. The summed E-state index contributed by atoms with van der Waals surface area (Å²) in [5, 5.41) is 24.5. The Bertz CT molecular complexity index is 1050. The van der Waals surface area contributed by atoms with Gasteiger partial charge in [-0.1, -0.05) is 12.1 Å². The van der Waals surface area contributed by atoms with Crippen molar-refractivity contribution in [2.45, 2.75) is 44.3 Å². The summed E-state index contributed by atoms with van der Waals surface area (Å²) in [5.41, 5.74) is -0.465. The lowest BCUT2D eigenvalue weighted by molar-refractivity contribution is 0.0941. The Morgan fingerprint density at radius 3 is 2.67 bits per heavy atom. The van der Waals surface area contributed by atoms with Gasteiger partial charge in [0.2, 0.25) is 5.75 Å². The molecular formula is C20H21FN4O5. The second-order valence-electron chi connectivity index (χ2n) is 7.73. The Hall–Kier alpha value is -3.43. The van der Waals surface area contributed by atoms with Gasteiger partial charge in [-0.3, -0.25) is 14.2 Å². The van der Waals surface area contributed by atoms with E-state index in [1.165, 1.54) is 28.8 Å². The molecule has 0 spiro atoms. The number of halogens is 1. The molecule has 4 N–H and O–H groups in total. The fourth-order valence-electron chi connectivity index (χ4n) is 4.36. The van der Waals surface area contributed by atoms with Gasteiger partial charge in [0, 0.05) is 25.0 Å². The lowest BCUT2D eigenvalue weighted by Gasteiger charge is -2.31. The van der Waals surface area contributed by atoms with E-state index in [-0.39, 0.29) is 18.4 Å². The van der Waals surface area contributed by atoms with Gasteiger partial charge in [0.15, 0.2) is 5.69 Å². The van der Waals surface area contributed by atoms with Crippen LogP contribution in [-0.2, 0) is 13.1 Å². The highest BCUT2D eigenvalue weighted by Gasteiger charge is 2.40. The molecule has 2 bridgehead atoms. The summed E-state index contributed by atoms with van der Waals surface area (Å²) in [6.45, 7) is 0.383. The van der Waals surface area contributed by atoms with Gasteiger partial charge < -0.3 is 20.8 Å². The van der Waals surface area contributed by atoms with Crippen LogP contribution in [0.5, 0.6) is 5.75 Å². The van der Waals surface area contributed by atoms with Crippen LogP contribution < -0.4 is 16.2 Å². The maximum Gasteiger partial charge on any atom is 0.404 e. The summed E-state index contributed by atoms with van der Waals surface area (Å²) in [5.74, 6) is -1.85. The molecule has 3 heterocycles. The number of nitrogens with one attached hydrogen (secondary N) is 2. The summed E-state index contributed by atoms with van der Waals surface area (Å²) >= 11 is 0. The van der Waals surface area contributed by atoms with Crippen molar-refractivity contribution in [1.82, 2.24) is 20.2 Å². The number of aromatic hydroxyl groups is 1. The Labute approximate surface area is 170 Å². The van der Waals surface area contributed by atoms with Crippen molar-refractivity contribution in [3.05, 3.63) is 57.5 Å². The van der Waals surface area contributed by atoms with Crippen LogP contribution in [0.1, 0.15) is 47.1 Å². The maximum atomic E-state index is 13.0. The van der Waals surface area contributed by atoms with Crippen LogP contribution >= 0.6 is 0 Å². The molecule has 10 heteroatoms. The fraction of sp³-hybridized carbons (Fsp3) is 0.400. The molecule has 2 amide bonds. The Kier molecular flexibility index (Phi) is 5.15. The molecule has 0 radical (unpaired) electrons. The lowest BCUT2D eigenvalue weighted by Crippen LogP contribution is -2.42. The molecule has 3 aliphatic rings. The minimum atomic E-state index is -1.16. The van der Waals surface area contributed by atoms with E-state index in [0.29, 0.717) is 30.8 Å². The molecule has 2 aromatic rings. The van der Waals surface area contributed by atoms with Crippen LogP contribution in [0.4, 0.5) is 9.18 Å². The molecule has 3 atom stereocenters. The molecule has 1 saturated carbocycles. The first-order valence-corrected chi connectivity index (χ1v) is 9.69. The summed E-state index contributed by atoms with van der Waals surface area (Å²) in [6.07, 6.45) is 0.839. The topological polar surface area (TPSA) is 134 Å². The molecule has 1 aromatic heterocycles. The summed E-state index contributed by atoms with van der Waals surface area (Å²) in [4.78, 5) is 40.9. The van der Waals surface area contributed by atoms with E-state index in [0.717, 1.165) is 6.42 Å². The first-order chi connectivity index (χ1) is 14.3. The molecule has 1 fully saturated rings. The van der Waals surface area contributed by atoms with Crippen molar-refractivity contribution in [3.8, 4) is 5.75 Å². The standard InChI is InChI=1S/C20H21FN4O5/c21-12-4-1-10(2-5-12)8-22-18(27)15-16(26)19(28)25-9-11-3-6-13(17(25)24-15)14(7-11)23-20(29)30/h1-2,4-5,11,13-14,23,26H,3,6-9H2,(H,22,27)(H,29,30). The van der Waals surface area contributed by atoms with Crippen molar-refractivity contribution in [2.75, 3.05) is 0 Å². The zero-order valence-corrected chi connectivity index (χ0v) is 16.0. The van der Waals surface area contributed by atoms with Gasteiger partial charge in [-0.05, 0) is 42.9 Å². The predicted octanol–water partition coefficient (Wildman–Crippen LogP) is 1.55. The number of rotatable bonds is 4. The Balaban J connectivity index is 1.64. The number of benzene rings is 1. The van der Waals surface area contributed by atoms with Crippen LogP contribution in [0, 0.1) is 11.7 Å². The highest BCUT2D eigenvalue weighted by Crippen LogP contribution is 2.39. The van der Waals surface area contributed by atoms with E-state index in [1.807, 2.05) is 0 Å². The molecule has 9 nitrogen and oxygen atoms in total. The number of nitrogens with zero attached hydrogens (tertiary/aromatic N) is 2. The van der Waals surface area contributed by atoms with Crippen molar-refractivity contribution in [2.24, 2.45) is 5.92 Å². The zero-order valence-electron chi connectivity index (χ0n) is 16.0. The smallest absolute Gasteiger partial charge is 0.404 e. The van der Waals surface area contributed by atoms with E-state index in [4.69, 9.17) is 5.11 Å². The van der Waals surface area contributed by atoms with Gasteiger partial charge in [0.25, 0.3) is 11.5 Å². The number of amides is 2. The SMILES string of the molecule is O=C(O)NC1CC2CCC1c1nc(C(=O)NCc3ccc(F)cc3)c(O)c(=O)n1C2. The number of hydrogen-bond acceptors (Lipinski definition) is 5. The van der Waals surface area contributed by atoms with Gasteiger partial charge in [-0.25, -0.2) is 14.2 Å². The van der Waals surface area contributed by atoms with Gasteiger partial charge in [-0.2, -0.15) is 0 Å². The van der Waals surface area contributed by atoms with Crippen molar-refractivity contribution in [3.63, 3.8) is 0 Å². The predicted molar refractivity (Wildman–Crippen MR) is 103 cm³/mol. The molecule has 5 rings (SSSR count). The zero-order chi connectivity index (χ0) is 21.4. The highest BCUT2D eigenvalue weighted by molar-refractivity contribution is 5.94. The summed E-state index contributed by atoms with van der Waals surface area (Å²) < 4.78 is 14.4. The molecular weight excluding hydrogens is 395 g/mol. The van der Waals surface area contributed by atoms with Crippen LogP contribution in [0.25, 0.3) is 0 Å². The van der Waals surface area contributed by atoms with Crippen molar-refractivity contribution < 1.29 is 24.2 Å². The molecule has 0 saturated heterocycles. The number of fused-ring (bicyclic) bond motifs is 2. The van der Waals surface area contributed by atoms with Crippen molar-refractivity contribution in [1.29, 1.82) is 0 Å². The number of carboxylic acid groups (broad SMARTS) is 1. The molecule has 30 heavy (non-hydrogen) atoms. The van der Waals surface area contributed by atoms with E-state index < -0.39 is 40.9 Å². The first kappa shape index (κ1) is 19.9. The average molecular weight is 416 g/mol. The number of aromatic nitrogens is 2. The normalized spacial score (nSPS) is 22.1. The van der Waals surface area contributed by atoms with Gasteiger partial charge in [0.05, 0.1) is 0 Å². The Morgan fingerprint density at radius 2 is 1.97 bits per heavy atom. The second-order valence-corrected chi connectivity index (χ2v) is 7.73. The van der Waals surface area contributed by atoms with Crippen molar-refractivity contribution >= 4 is 12.0 Å². The third-order valence-electron chi connectivity index (χ3n) is 5.80. The van der Waals surface area contributed by atoms with Gasteiger partial charge in [0.1, 0.15) is 11.6 Å². The minimum Gasteiger partial charge on any atom is -0.501 e. The van der Waals surface area contributed by atoms with Crippen LogP contribution in [0.15, 0.2) is 29.1 Å². The van der Waals surface area contributed by atoms with Crippen LogP contribution in [-0.4, -0.2) is 37.8 Å². The lowest BCUT2D eigenvalue weighted by atomic mass is 9.79. The first-order valence-electron chi connectivity index (χ1n) is 9.69. The molecule has 3 unspecified atom stereocenters. The fourth-order valence-corrected chi connectivity index (χ4v) is 4.36. The van der Waals surface area contributed by atoms with E-state index >= 15 is 0 Å². The van der Waals surface area contributed by atoms with Gasteiger partial charge in [-0.15, -0.1) is 0 Å². The van der Waals surface area contributed by atoms with E-state index in [9.17, 15) is 23.9 Å². The van der Waals surface area contributed by atoms with Crippen LogP contribution in [0.2, 0.25) is 0 Å². The minimum absolute atomic E-state index is 0.0628. The molecule has 1 aromatic carbocycles. The monoisotopic (exact) mass is 416 g/mol. The third kappa shape index (κ3) is 3.72. The summed E-state index contributed by atoms with van der Waals surface area (Å²) in [6, 6.07) is 5.13. The third-order valence-corrected chi connectivity index (χ3v) is 5.80. The molecule has 2 aliphatic heterocycles. The number of carbonyl (C=O) groups is 2. The van der Waals surface area contributed by atoms with E-state index in [1.54, 1.807) is 0 Å². The van der Waals surface area contributed by atoms with E-state index in [2.05, 4.69) is 15.6 Å². The van der Waals surface area contributed by atoms with Gasteiger partial charge >= 0.3 is 6.09 Å². The largest absolute Gasteiger partial charge is 0.501 e. The highest BCUT2D eigenvalue weighted by atomic mass is 19.1. The second kappa shape index (κ2) is 7.77. The Morgan fingerprint density at radius 1 is 1.23 bits per heavy atom. The summed E-state index contributed by atoms with van der Waals surface area (Å²) in [7, 11) is 0. The number of carbonyl (C=O) groups excluding carboxylic acids is 1. The average Bonchev–Trinajstić information content (AvgIpc) is 2.97. The maximum absolute atomic E-state index is 13.0. The quantitative estimate of drug-likeness (QED) is 0.598.